The Bertz CT molecular complexity index is 1500. The second kappa shape index (κ2) is 13.0. The number of non-ortho nitro benzene ring substituents is 1. The molecule has 0 fully saturated rings. The smallest absolute Gasteiger partial charge is 0.269 e. The number of nitro benzene ring substituents is 1. The molecule has 7 heteroatoms. The molecule has 0 atom stereocenters. The number of nitro groups is 1. The van der Waals surface area contributed by atoms with Gasteiger partial charge in [0.25, 0.3) is 11.6 Å². The lowest BCUT2D eigenvalue weighted by Gasteiger charge is -2.29. The van der Waals surface area contributed by atoms with Crippen molar-refractivity contribution in [2.24, 2.45) is 0 Å². The van der Waals surface area contributed by atoms with Crippen molar-refractivity contribution in [1.82, 2.24) is 5.32 Å². The molecule has 40 heavy (non-hydrogen) atoms. The van der Waals surface area contributed by atoms with Crippen LogP contribution in [0.4, 0.5) is 5.69 Å². The summed E-state index contributed by atoms with van der Waals surface area (Å²) in [7, 11) is -2.64. The van der Waals surface area contributed by atoms with E-state index in [0.717, 1.165) is 26.9 Å². The van der Waals surface area contributed by atoms with Gasteiger partial charge in [0.05, 0.1) is 4.92 Å². The predicted molar refractivity (Wildman–Crippen MR) is 160 cm³/mol. The first-order valence-electron chi connectivity index (χ1n) is 12.5. The fourth-order valence-electron chi connectivity index (χ4n) is 4.66. The lowest BCUT2D eigenvalue weighted by Crippen LogP contribution is -3.00. The molecular formula is C33H26ClN2O3P. The van der Waals surface area contributed by atoms with E-state index in [1.807, 2.05) is 78.9 Å². The van der Waals surface area contributed by atoms with Gasteiger partial charge in [-0.05, 0) is 66.2 Å². The maximum Gasteiger partial charge on any atom is 0.269 e. The highest BCUT2D eigenvalue weighted by atomic mass is 35.5. The van der Waals surface area contributed by atoms with Gasteiger partial charge in [0, 0.05) is 23.8 Å². The molecular weight excluding hydrogens is 539 g/mol. The van der Waals surface area contributed by atoms with E-state index in [0.29, 0.717) is 5.56 Å². The third-order valence-corrected chi connectivity index (χ3v) is 10.7. The van der Waals surface area contributed by atoms with Crippen molar-refractivity contribution in [2.75, 3.05) is 0 Å². The van der Waals surface area contributed by atoms with Crippen LogP contribution in [0.15, 0.2) is 151 Å². The fraction of sp³-hybridized carbons (Fsp3) is 0. The molecule has 0 aliphatic carbocycles. The number of amides is 1. The molecule has 0 radical (unpaired) electrons. The first kappa shape index (κ1) is 28.4. The Morgan fingerprint density at radius 3 is 1.43 bits per heavy atom. The van der Waals surface area contributed by atoms with Gasteiger partial charge in [-0.25, -0.2) is 0 Å². The first-order chi connectivity index (χ1) is 19.1. The summed E-state index contributed by atoms with van der Waals surface area (Å²) in [5.41, 5.74) is 2.03. The lowest BCUT2D eigenvalue weighted by atomic mass is 10.2. The molecule has 0 spiro atoms. The molecule has 0 aliphatic heterocycles. The number of hydrogen-bond donors (Lipinski definition) is 1. The highest BCUT2D eigenvalue weighted by Crippen LogP contribution is 2.61. The van der Waals surface area contributed by atoms with Gasteiger partial charge >= 0.3 is 0 Å². The fourth-order valence-corrected chi connectivity index (χ4v) is 8.86. The van der Waals surface area contributed by atoms with Gasteiger partial charge in [-0.15, -0.1) is 0 Å². The average Bonchev–Trinajstić information content (AvgIpc) is 3.00. The van der Waals surface area contributed by atoms with Crippen molar-refractivity contribution in [2.45, 2.75) is 0 Å². The summed E-state index contributed by atoms with van der Waals surface area (Å²) < 4.78 is 0. The van der Waals surface area contributed by atoms with Gasteiger partial charge in [0.2, 0.25) is 0 Å². The predicted octanol–water partition coefficient (Wildman–Crippen LogP) is 3.32. The molecule has 0 bridgehead atoms. The number of rotatable bonds is 8. The molecule has 0 heterocycles. The molecule has 5 aromatic rings. The quantitative estimate of drug-likeness (QED) is 0.179. The minimum atomic E-state index is -2.64. The second-order valence-electron chi connectivity index (χ2n) is 8.88. The van der Waals surface area contributed by atoms with Gasteiger partial charge in [-0.2, -0.15) is 0 Å². The zero-order chi connectivity index (χ0) is 27.1. The van der Waals surface area contributed by atoms with Crippen molar-refractivity contribution in [3.8, 4) is 0 Å². The van der Waals surface area contributed by atoms with E-state index in [-0.39, 0.29) is 24.0 Å². The Morgan fingerprint density at radius 2 is 1.02 bits per heavy atom. The summed E-state index contributed by atoms with van der Waals surface area (Å²) in [6.07, 6.45) is 1.95. The van der Waals surface area contributed by atoms with E-state index in [2.05, 4.69) is 41.7 Å². The summed E-state index contributed by atoms with van der Waals surface area (Å²) in [6.45, 7) is 0. The maximum absolute atomic E-state index is 13.7. The third-order valence-electron chi connectivity index (χ3n) is 6.48. The number of nitrogens with zero attached hydrogens (tertiary/aromatic N) is 1. The number of hydrogen-bond acceptors (Lipinski definition) is 3. The van der Waals surface area contributed by atoms with Crippen molar-refractivity contribution in [3.05, 3.63) is 172 Å². The Kier molecular flexibility index (Phi) is 9.23. The molecule has 1 N–H and O–H groups in total. The van der Waals surface area contributed by atoms with Crippen LogP contribution in [-0.2, 0) is 0 Å². The van der Waals surface area contributed by atoms with Crippen LogP contribution < -0.4 is 33.6 Å². The zero-order valence-corrected chi connectivity index (χ0v) is 23.1. The van der Waals surface area contributed by atoms with Gasteiger partial charge in [-0.3, -0.25) is 20.2 Å². The summed E-state index contributed by atoms with van der Waals surface area (Å²) in [5, 5.41) is 17.8. The van der Waals surface area contributed by atoms with Gasteiger partial charge in [0.15, 0.2) is 12.7 Å². The number of nitrogens with one attached hydrogen (secondary N) is 1. The third kappa shape index (κ3) is 5.86. The molecule has 0 saturated heterocycles. The van der Waals surface area contributed by atoms with Crippen LogP contribution in [0, 0.1) is 10.1 Å². The number of halogens is 1. The van der Waals surface area contributed by atoms with E-state index in [4.69, 9.17) is 0 Å². The van der Waals surface area contributed by atoms with Crippen LogP contribution >= 0.6 is 7.26 Å². The van der Waals surface area contributed by atoms with Crippen molar-refractivity contribution >= 4 is 40.8 Å². The molecule has 198 valence electrons. The molecule has 5 rings (SSSR count). The average molecular weight is 565 g/mol. The maximum atomic E-state index is 13.7. The number of carbonyl (C=O) groups excluding carboxylic acids is 1. The standard InChI is InChI=1S/C33H25N2O3P.ClH/c36-33(27-13-5-1-6-14-27)34-32(25-26-21-23-28(24-22-26)35(37)38)39(29-15-7-2-8-16-29,30-17-9-3-10-18-30)31-19-11-4-12-20-31;/h1-25H;1H/b32-25+;. The SMILES string of the molecule is O=C(N/C(=C\c1ccc([N+](=O)[O-])cc1)[P+](c1ccccc1)(c1ccccc1)c1ccccc1)c1ccccc1.[Cl-]. The lowest BCUT2D eigenvalue weighted by molar-refractivity contribution is -0.384. The van der Waals surface area contributed by atoms with Crippen LogP contribution in [0.5, 0.6) is 0 Å². The molecule has 0 unspecified atom stereocenters. The first-order valence-corrected chi connectivity index (χ1v) is 14.3. The van der Waals surface area contributed by atoms with Gasteiger partial charge in [0.1, 0.15) is 15.9 Å². The zero-order valence-electron chi connectivity index (χ0n) is 21.4. The van der Waals surface area contributed by atoms with Crippen LogP contribution in [0.2, 0.25) is 0 Å². The number of benzene rings is 5. The van der Waals surface area contributed by atoms with E-state index in [1.54, 1.807) is 24.3 Å². The van der Waals surface area contributed by atoms with Crippen molar-refractivity contribution < 1.29 is 22.1 Å². The summed E-state index contributed by atoms with van der Waals surface area (Å²) >= 11 is 0. The normalized spacial score (nSPS) is 11.2. The Hall–Kier alpha value is -4.57. The monoisotopic (exact) mass is 564 g/mol. The summed E-state index contributed by atoms with van der Waals surface area (Å²) in [6, 6.07) is 46.1. The van der Waals surface area contributed by atoms with Crippen molar-refractivity contribution in [1.29, 1.82) is 0 Å². The molecule has 0 aromatic heterocycles. The molecule has 1 amide bonds. The number of carbonyl (C=O) groups is 1. The topological polar surface area (TPSA) is 72.2 Å². The molecule has 5 aromatic carbocycles. The van der Waals surface area contributed by atoms with E-state index in [9.17, 15) is 14.9 Å². The van der Waals surface area contributed by atoms with Crippen LogP contribution in [0.25, 0.3) is 6.08 Å². The largest absolute Gasteiger partial charge is 1.00 e. The van der Waals surface area contributed by atoms with E-state index >= 15 is 0 Å². The van der Waals surface area contributed by atoms with Crippen molar-refractivity contribution in [3.63, 3.8) is 0 Å². The summed E-state index contributed by atoms with van der Waals surface area (Å²) in [5.74, 6) is -0.226. The Labute approximate surface area is 240 Å². The molecule has 0 aliphatic rings. The minimum absolute atomic E-state index is 0. The summed E-state index contributed by atoms with van der Waals surface area (Å²) in [4.78, 5) is 24.6. The van der Waals surface area contributed by atoms with Gasteiger partial charge in [-0.1, -0.05) is 72.8 Å². The van der Waals surface area contributed by atoms with E-state index in [1.165, 1.54) is 12.1 Å². The minimum Gasteiger partial charge on any atom is -1.00 e. The van der Waals surface area contributed by atoms with Gasteiger partial charge < -0.3 is 12.4 Å². The Balaban J connectivity index is 0.00000370. The highest BCUT2D eigenvalue weighted by Gasteiger charge is 2.50. The van der Waals surface area contributed by atoms with E-state index < -0.39 is 12.2 Å². The molecule has 0 saturated carbocycles. The second-order valence-corrected chi connectivity index (χ2v) is 12.2. The van der Waals surface area contributed by atoms with Crippen LogP contribution in [0.1, 0.15) is 15.9 Å². The molecule has 5 nitrogen and oxygen atoms in total. The van der Waals surface area contributed by atoms with Crippen LogP contribution in [0.3, 0.4) is 0 Å². The van der Waals surface area contributed by atoms with Crippen LogP contribution in [-0.4, -0.2) is 10.8 Å². The highest BCUT2D eigenvalue weighted by molar-refractivity contribution is 7.99. The Morgan fingerprint density at radius 1 is 0.625 bits per heavy atom.